The van der Waals surface area contributed by atoms with E-state index in [1.807, 2.05) is 37.3 Å². The molecular weight excluding hydrogens is 452 g/mol. The van der Waals surface area contributed by atoms with Crippen molar-refractivity contribution in [3.8, 4) is 11.8 Å². The number of benzene rings is 3. The molecule has 170 valence electrons. The van der Waals surface area contributed by atoms with Crippen LogP contribution in [0, 0.1) is 18.3 Å². The van der Waals surface area contributed by atoms with Gasteiger partial charge in [0.2, 0.25) is 0 Å². The van der Waals surface area contributed by atoms with Gasteiger partial charge in [-0.1, -0.05) is 36.4 Å². The summed E-state index contributed by atoms with van der Waals surface area (Å²) in [5, 5.41) is 18.8. The predicted molar refractivity (Wildman–Crippen MR) is 129 cm³/mol. The van der Waals surface area contributed by atoms with Gasteiger partial charge in [0.15, 0.2) is 0 Å². The Morgan fingerprint density at radius 1 is 1.09 bits per heavy atom. The van der Waals surface area contributed by atoms with Crippen LogP contribution in [-0.2, 0) is 17.6 Å². The number of imidazole rings is 1. The molecule has 0 aliphatic rings. The largest absolute Gasteiger partial charge is 0.481 e. The zero-order valence-electron chi connectivity index (χ0n) is 18.4. The van der Waals surface area contributed by atoms with Crippen LogP contribution in [0.25, 0.3) is 16.7 Å². The standard InChI is InChI=1S/C26H21ClN4O3/c1-17-29-22-9-8-20(26(34)30(27)12-11-18-5-3-2-4-6-18)15-24(22)31(17)23-10-7-19(14-25(32)33)13-21(23)16-28/h2-10,13,15H,11-12,14H2,1H3,(H,32,33). The number of fused-ring (bicyclic) bond motifs is 1. The van der Waals surface area contributed by atoms with E-state index in [9.17, 15) is 14.9 Å². The quantitative estimate of drug-likeness (QED) is 0.394. The summed E-state index contributed by atoms with van der Waals surface area (Å²) >= 11 is 6.31. The summed E-state index contributed by atoms with van der Waals surface area (Å²) in [7, 11) is 0. The normalized spacial score (nSPS) is 10.7. The number of amides is 1. The van der Waals surface area contributed by atoms with Crippen molar-refractivity contribution in [1.29, 1.82) is 5.26 Å². The van der Waals surface area contributed by atoms with E-state index in [1.165, 1.54) is 4.42 Å². The summed E-state index contributed by atoms with van der Waals surface area (Å²) in [6.07, 6.45) is 0.454. The zero-order valence-corrected chi connectivity index (χ0v) is 19.2. The highest BCUT2D eigenvalue weighted by atomic mass is 35.5. The smallest absolute Gasteiger partial charge is 0.307 e. The van der Waals surface area contributed by atoms with Crippen LogP contribution in [0.3, 0.4) is 0 Å². The maximum atomic E-state index is 13.0. The Kier molecular flexibility index (Phi) is 6.62. The monoisotopic (exact) mass is 472 g/mol. The second kappa shape index (κ2) is 9.77. The molecule has 0 saturated heterocycles. The highest BCUT2D eigenvalue weighted by Gasteiger charge is 2.18. The minimum absolute atomic E-state index is 0.175. The third-order valence-corrected chi connectivity index (χ3v) is 5.83. The van der Waals surface area contributed by atoms with E-state index in [1.54, 1.807) is 41.0 Å². The van der Waals surface area contributed by atoms with Gasteiger partial charge in [-0.3, -0.25) is 18.6 Å². The van der Waals surface area contributed by atoms with Crippen LogP contribution in [-0.4, -0.2) is 37.5 Å². The summed E-state index contributed by atoms with van der Waals surface area (Å²) in [6, 6.07) is 22.0. The average molecular weight is 473 g/mol. The zero-order chi connectivity index (χ0) is 24.2. The first-order valence-corrected chi connectivity index (χ1v) is 11.0. The number of halogens is 1. The lowest BCUT2D eigenvalue weighted by molar-refractivity contribution is -0.136. The minimum Gasteiger partial charge on any atom is -0.481 e. The van der Waals surface area contributed by atoms with E-state index >= 15 is 0 Å². The Morgan fingerprint density at radius 2 is 1.85 bits per heavy atom. The van der Waals surface area contributed by atoms with Gasteiger partial charge in [0.1, 0.15) is 11.9 Å². The number of nitrogens with zero attached hydrogens (tertiary/aromatic N) is 4. The van der Waals surface area contributed by atoms with Crippen molar-refractivity contribution < 1.29 is 14.7 Å². The van der Waals surface area contributed by atoms with E-state index in [2.05, 4.69) is 11.1 Å². The van der Waals surface area contributed by atoms with Gasteiger partial charge in [-0.2, -0.15) is 5.26 Å². The van der Waals surface area contributed by atoms with Crippen LogP contribution in [0.15, 0.2) is 66.7 Å². The van der Waals surface area contributed by atoms with Crippen LogP contribution in [0.5, 0.6) is 0 Å². The molecule has 0 fully saturated rings. The molecule has 1 amide bonds. The minimum atomic E-state index is -0.970. The van der Waals surface area contributed by atoms with E-state index in [4.69, 9.17) is 16.9 Å². The molecule has 0 spiro atoms. The van der Waals surface area contributed by atoms with Crippen LogP contribution >= 0.6 is 11.8 Å². The summed E-state index contributed by atoms with van der Waals surface area (Å²) in [5.74, 6) is -0.668. The molecule has 0 bridgehead atoms. The Hall–Kier alpha value is -4.15. The van der Waals surface area contributed by atoms with E-state index in [0.29, 0.717) is 52.2 Å². The molecule has 3 aromatic carbocycles. The molecule has 7 nitrogen and oxygen atoms in total. The van der Waals surface area contributed by atoms with E-state index in [0.717, 1.165) is 5.56 Å². The van der Waals surface area contributed by atoms with Crippen molar-refractivity contribution >= 4 is 34.7 Å². The highest BCUT2D eigenvalue weighted by molar-refractivity contribution is 6.24. The molecule has 0 aliphatic carbocycles. The molecule has 34 heavy (non-hydrogen) atoms. The lowest BCUT2D eigenvalue weighted by Gasteiger charge is -2.15. The lowest BCUT2D eigenvalue weighted by atomic mass is 10.1. The molecular formula is C26H21ClN4O3. The Balaban J connectivity index is 1.67. The van der Waals surface area contributed by atoms with Crippen LogP contribution in [0.4, 0.5) is 0 Å². The first-order chi connectivity index (χ1) is 16.4. The van der Waals surface area contributed by atoms with Gasteiger partial charge in [0, 0.05) is 23.9 Å². The number of aryl methyl sites for hydroxylation is 1. The molecule has 4 rings (SSSR count). The number of rotatable bonds is 7. The van der Waals surface area contributed by atoms with Crippen molar-refractivity contribution in [3.05, 3.63) is 94.8 Å². The molecule has 0 atom stereocenters. The molecule has 1 N–H and O–H groups in total. The molecule has 1 aromatic heterocycles. The third kappa shape index (κ3) is 4.77. The Labute approximate surface area is 201 Å². The van der Waals surface area contributed by atoms with Crippen LogP contribution < -0.4 is 0 Å². The molecule has 1 heterocycles. The van der Waals surface area contributed by atoms with Crippen molar-refractivity contribution in [2.24, 2.45) is 0 Å². The summed E-state index contributed by atoms with van der Waals surface area (Å²) in [4.78, 5) is 28.6. The number of hydrogen-bond donors (Lipinski definition) is 1. The predicted octanol–water partition coefficient (Wildman–Crippen LogP) is 4.67. The Morgan fingerprint density at radius 3 is 2.56 bits per heavy atom. The van der Waals surface area contributed by atoms with Crippen LogP contribution in [0.2, 0.25) is 0 Å². The van der Waals surface area contributed by atoms with Gasteiger partial charge < -0.3 is 5.11 Å². The summed E-state index contributed by atoms with van der Waals surface area (Å²) < 4.78 is 2.96. The fourth-order valence-corrected chi connectivity index (χ4v) is 4.08. The number of nitriles is 1. The van der Waals surface area contributed by atoms with Gasteiger partial charge in [0.25, 0.3) is 5.91 Å². The fraction of sp³-hybridized carbons (Fsp3) is 0.154. The number of hydrogen-bond acceptors (Lipinski definition) is 4. The number of carbonyl (C=O) groups is 2. The molecule has 4 aromatic rings. The van der Waals surface area contributed by atoms with Gasteiger partial charge in [-0.25, -0.2) is 4.98 Å². The second-order valence-corrected chi connectivity index (χ2v) is 8.27. The van der Waals surface area contributed by atoms with E-state index < -0.39 is 5.97 Å². The number of carbonyl (C=O) groups excluding carboxylic acids is 1. The number of aliphatic carboxylic acids is 1. The van der Waals surface area contributed by atoms with Crippen molar-refractivity contribution in [3.63, 3.8) is 0 Å². The van der Waals surface area contributed by atoms with Gasteiger partial charge in [0.05, 0.1) is 28.7 Å². The van der Waals surface area contributed by atoms with Gasteiger partial charge in [-0.05, 0) is 54.8 Å². The highest BCUT2D eigenvalue weighted by Crippen LogP contribution is 2.26. The topological polar surface area (TPSA) is 99.2 Å². The first kappa shape index (κ1) is 23.0. The maximum absolute atomic E-state index is 13.0. The maximum Gasteiger partial charge on any atom is 0.307 e. The fourth-order valence-electron chi connectivity index (χ4n) is 3.90. The number of carboxylic acids is 1. The van der Waals surface area contributed by atoms with Gasteiger partial charge >= 0.3 is 5.97 Å². The number of aromatic nitrogens is 2. The lowest BCUT2D eigenvalue weighted by Crippen LogP contribution is -2.24. The second-order valence-electron chi connectivity index (χ2n) is 7.86. The molecule has 0 unspecified atom stereocenters. The molecule has 0 radical (unpaired) electrons. The van der Waals surface area contributed by atoms with Crippen molar-refractivity contribution in [2.45, 2.75) is 19.8 Å². The third-order valence-electron chi connectivity index (χ3n) is 5.51. The van der Waals surface area contributed by atoms with Crippen LogP contribution in [0.1, 0.15) is 32.9 Å². The molecule has 0 aliphatic heterocycles. The Bertz CT molecular complexity index is 1420. The number of carboxylic acid groups (broad SMARTS) is 1. The van der Waals surface area contributed by atoms with Gasteiger partial charge in [-0.15, -0.1) is 0 Å². The SMILES string of the molecule is Cc1nc2ccc(C(=O)N(Cl)CCc3ccccc3)cc2n1-c1ccc(CC(=O)O)cc1C#N. The summed E-state index contributed by atoms with van der Waals surface area (Å²) in [6.45, 7) is 2.16. The van der Waals surface area contributed by atoms with Crippen molar-refractivity contribution in [2.75, 3.05) is 6.54 Å². The van der Waals surface area contributed by atoms with Crippen molar-refractivity contribution in [1.82, 2.24) is 14.0 Å². The van der Waals surface area contributed by atoms with E-state index in [-0.39, 0.29) is 12.3 Å². The summed E-state index contributed by atoms with van der Waals surface area (Å²) in [5.41, 5.74) is 4.21. The first-order valence-electron chi connectivity index (χ1n) is 10.6. The molecule has 8 heteroatoms. The molecule has 0 saturated carbocycles. The average Bonchev–Trinajstić information content (AvgIpc) is 3.17.